The number of unbranched alkanes of at least 4 members (excludes halogenated alkanes) is 1. The maximum atomic E-state index is 12.0. The lowest BCUT2D eigenvalue weighted by atomic mass is 10.1. The maximum absolute atomic E-state index is 12.0. The maximum Gasteiger partial charge on any atom is 0.222 e. The molecular formula is C14H29ClN2O2S. The highest BCUT2D eigenvalue weighted by molar-refractivity contribution is 7.98. The van der Waals surface area contributed by atoms with Gasteiger partial charge in [0.15, 0.2) is 0 Å². The molecule has 0 aliphatic carbocycles. The number of hydrogen-bond acceptors (Lipinski definition) is 4. The molecule has 0 aromatic carbocycles. The van der Waals surface area contributed by atoms with Gasteiger partial charge in [-0.3, -0.25) is 4.79 Å². The van der Waals surface area contributed by atoms with Crippen molar-refractivity contribution in [2.24, 2.45) is 5.73 Å². The zero-order valence-corrected chi connectivity index (χ0v) is 14.1. The molecule has 1 heterocycles. The van der Waals surface area contributed by atoms with Gasteiger partial charge in [0.1, 0.15) is 0 Å². The van der Waals surface area contributed by atoms with Crippen LogP contribution in [-0.2, 0) is 9.53 Å². The molecule has 1 saturated heterocycles. The average molecular weight is 325 g/mol. The Hall–Kier alpha value is 0.0300. The lowest BCUT2D eigenvalue weighted by molar-refractivity contribution is -0.133. The van der Waals surface area contributed by atoms with Gasteiger partial charge in [0.05, 0.1) is 6.10 Å². The Kier molecular flexibility index (Phi) is 12.8. The van der Waals surface area contributed by atoms with Crippen LogP contribution in [-0.4, -0.2) is 55.2 Å². The summed E-state index contributed by atoms with van der Waals surface area (Å²) in [5, 5.41) is 0. The van der Waals surface area contributed by atoms with Crippen molar-refractivity contribution in [2.45, 2.75) is 44.6 Å². The minimum atomic E-state index is 0. The van der Waals surface area contributed by atoms with Gasteiger partial charge in [-0.05, 0) is 50.7 Å². The topological polar surface area (TPSA) is 55.6 Å². The van der Waals surface area contributed by atoms with E-state index in [0.717, 1.165) is 57.6 Å². The quantitative estimate of drug-likeness (QED) is 0.661. The number of nitrogens with zero attached hydrogens (tertiary/aromatic N) is 1. The van der Waals surface area contributed by atoms with Crippen molar-refractivity contribution in [3.8, 4) is 0 Å². The molecule has 0 aromatic rings. The van der Waals surface area contributed by atoms with E-state index in [9.17, 15) is 4.79 Å². The van der Waals surface area contributed by atoms with E-state index in [2.05, 4.69) is 6.26 Å². The van der Waals surface area contributed by atoms with Gasteiger partial charge in [-0.2, -0.15) is 11.8 Å². The first-order chi connectivity index (χ1) is 9.27. The molecule has 0 saturated carbocycles. The van der Waals surface area contributed by atoms with Crippen LogP contribution in [0.25, 0.3) is 0 Å². The van der Waals surface area contributed by atoms with Crippen LogP contribution in [0.5, 0.6) is 0 Å². The summed E-state index contributed by atoms with van der Waals surface area (Å²) in [6, 6.07) is 0. The first-order valence-corrected chi connectivity index (χ1v) is 8.75. The third kappa shape index (κ3) is 8.35. The molecule has 0 atom stereocenters. The minimum absolute atomic E-state index is 0. The summed E-state index contributed by atoms with van der Waals surface area (Å²) in [6.07, 6.45) is 8.18. The number of amides is 1. The summed E-state index contributed by atoms with van der Waals surface area (Å²) >= 11 is 1.85. The number of likely N-dealkylation sites (tertiary alicyclic amines) is 1. The standard InChI is InChI=1S/C14H28N2O2S.ClH/c1-19-12-3-2-5-14(17)16-9-6-13(7-10-16)18-11-4-8-15;/h13H,2-12,15H2,1H3;1H. The van der Waals surface area contributed by atoms with E-state index in [1.165, 1.54) is 0 Å². The van der Waals surface area contributed by atoms with E-state index in [1.54, 1.807) is 0 Å². The van der Waals surface area contributed by atoms with Gasteiger partial charge in [0.2, 0.25) is 5.91 Å². The van der Waals surface area contributed by atoms with Crippen molar-refractivity contribution >= 4 is 30.1 Å². The molecule has 1 aliphatic rings. The van der Waals surface area contributed by atoms with Gasteiger partial charge >= 0.3 is 0 Å². The Morgan fingerprint density at radius 3 is 2.60 bits per heavy atom. The predicted molar refractivity (Wildman–Crippen MR) is 88.7 cm³/mol. The molecule has 6 heteroatoms. The fraction of sp³-hybridized carbons (Fsp3) is 0.929. The zero-order chi connectivity index (χ0) is 13.9. The van der Waals surface area contributed by atoms with Gasteiger partial charge < -0.3 is 15.4 Å². The van der Waals surface area contributed by atoms with Crippen molar-refractivity contribution in [2.75, 3.05) is 38.2 Å². The number of halogens is 1. The molecular weight excluding hydrogens is 296 g/mol. The Morgan fingerprint density at radius 1 is 1.30 bits per heavy atom. The second kappa shape index (κ2) is 12.7. The van der Waals surface area contributed by atoms with E-state index < -0.39 is 0 Å². The summed E-state index contributed by atoms with van der Waals surface area (Å²) in [5.74, 6) is 1.48. The van der Waals surface area contributed by atoms with Crippen LogP contribution in [0.4, 0.5) is 0 Å². The molecule has 4 nitrogen and oxygen atoms in total. The van der Waals surface area contributed by atoms with E-state index in [0.29, 0.717) is 25.0 Å². The molecule has 1 rings (SSSR count). The molecule has 2 N–H and O–H groups in total. The van der Waals surface area contributed by atoms with Crippen LogP contribution in [0.1, 0.15) is 38.5 Å². The van der Waals surface area contributed by atoms with Gasteiger partial charge in [0, 0.05) is 26.1 Å². The monoisotopic (exact) mass is 324 g/mol. The molecule has 20 heavy (non-hydrogen) atoms. The van der Waals surface area contributed by atoms with Crippen LogP contribution < -0.4 is 5.73 Å². The fourth-order valence-electron chi connectivity index (χ4n) is 2.29. The molecule has 0 spiro atoms. The van der Waals surface area contributed by atoms with Crippen molar-refractivity contribution in [3.05, 3.63) is 0 Å². The highest BCUT2D eigenvalue weighted by atomic mass is 35.5. The molecule has 0 unspecified atom stereocenters. The number of nitrogens with two attached hydrogens (primary N) is 1. The third-order valence-corrected chi connectivity index (χ3v) is 4.18. The van der Waals surface area contributed by atoms with E-state index in [-0.39, 0.29) is 12.4 Å². The summed E-state index contributed by atoms with van der Waals surface area (Å²) in [5.41, 5.74) is 5.44. The molecule has 0 bridgehead atoms. The smallest absolute Gasteiger partial charge is 0.222 e. The minimum Gasteiger partial charge on any atom is -0.378 e. The van der Waals surface area contributed by atoms with Crippen LogP contribution in [0.3, 0.4) is 0 Å². The van der Waals surface area contributed by atoms with Crippen LogP contribution in [0.2, 0.25) is 0 Å². The first kappa shape index (κ1) is 20.0. The number of ether oxygens (including phenoxy) is 1. The molecule has 1 fully saturated rings. The van der Waals surface area contributed by atoms with Crippen molar-refractivity contribution < 1.29 is 9.53 Å². The normalized spacial score (nSPS) is 16.0. The van der Waals surface area contributed by atoms with Crippen molar-refractivity contribution in [1.29, 1.82) is 0 Å². The lowest BCUT2D eigenvalue weighted by Gasteiger charge is -2.32. The number of carbonyl (C=O) groups is 1. The van der Waals surface area contributed by atoms with Crippen LogP contribution >= 0.6 is 24.2 Å². The van der Waals surface area contributed by atoms with Crippen molar-refractivity contribution in [1.82, 2.24) is 4.90 Å². The van der Waals surface area contributed by atoms with Gasteiger partial charge in [-0.1, -0.05) is 0 Å². The van der Waals surface area contributed by atoms with Gasteiger partial charge in [-0.15, -0.1) is 12.4 Å². The van der Waals surface area contributed by atoms with Crippen LogP contribution in [0, 0.1) is 0 Å². The Labute approximate surface area is 133 Å². The van der Waals surface area contributed by atoms with Crippen molar-refractivity contribution in [3.63, 3.8) is 0 Å². The second-order valence-electron chi connectivity index (χ2n) is 5.04. The first-order valence-electron chi connectivity index (χ1n) is 7.36. The largest absolute Gasteiger partial charge is 0.378 e. The summed E-state index contributed by atoms with van der Waals surface area (Å²) < 4.78 is 5.74. The second-order valence-corrected chi connectivity index (χ2v) is 6.03. The number of carbonyl (C=O) groups excluding carboxylic acids is 1. The van der Waals surface area contributed by atoms with Crippen LogP contribution in [0.15, 0.2) is 0 Å². The Balaban J connectivity index is 0.00000361. The predicted octanol–water partition coefficient (Wildman–Crippen LogP) is 2.30. The number of hydrogen-bond donors (Lipinski definition) is 1. The number of thioether (sulfide) groups is 1. The summed E-state index contributed by atoms with van der Waals surface area (Å²) in [7, 11) is 0. The molecule has 0 radical (unpaired) electrons. The van der Waals surface area contributed by atoms with E-state index in [4.69, 9.17) is 10.5 Å². The average Bonchev–Trinajstić information content (AvgIpc) is 2.44. The van der Waals surface area contributed by atoms with E-state index >= 15 is 0 Å². The lowest BCUT2D eigenvalue weighted by Crippen LogP contribution is -2.40. The Bertz CT molecular complexity index is 249. The number of rotatable bonds is 9. The third-order valence-electron chi connectivity index (χ3n) is 3.49. The molecule has 1 aliphatic heterocycles. The zero-order valence-electron chi connectivity index (χ0n) is 12.5. The SMILES string of the molecule is CSCCCCC(=O)N1CCC(OCCCN)CC1.Cl. The summed E-state index contributed by atoms with van der Waals surface area (Å²) in [4.78, 5) is 14.0. The van der Waals surface area contributed by atoms with Gasteiger partial charge in [-0.25, -0.2) is 0 Å². The molecule has 0 aromatic heterocycles. The summed E-state index contributed by atoms with van der Waals surface area (Å²) in [6.45, 7) is 3.15. The highest BCUT2D eigenvalue weighted by Crippen LogP contribution is 2.15. The number of piperidine rings is 1. The fourth-order valence-corrected chi connectivity index (χ4v) is 2.78. The van der Waals surface area contributed by atoms with E-state index in [1.807, 2.05) is 16.7 Å². The molecule has 120 valence electrons. The Morgan fingerprint density at radius 2 is 2.00 bits per heavy atom. The highest BCUT2D eigenvalue weighted by Gasteiger charge is 2.22. The van der Waals surface area contributed by atoms with Gasteiger partial charge in [0.25, 0.3) is 0 Å². The molecule has 1 amide bonds.